The minimum atomic E-state index is -0.150. The summed E-state index contributed by atoms with van der Waals surface area (Å²) in [5, 5.41) is 2.90. The van der Waals surface area contributed by atoms with Crippen LogP contribution in [0.5, 0.6) is 5.75 Å². The second kappa shape index (κ2) is 8.74. The van der Waals surface area contributed by atoms with Crippen molar-refractivity contribution in [2.45, 2.75) is 9.48 Å². The Morgan fingerprint density at radius 2 is 1.88 bits per heavy atom. The number of anilines is 1. The first-order valence-corrected chi connectivity index (χ1v) is 11.0. The van der Waals surface area contributed by atoms with Crippen molar-refractivity contribution in [1.82, 2.24) is 0 Å². The van der Waals surface area contributed by atoms with E-state index in [1.165, 1.54) is 17.1 Å². The standard InChI is InChI=1S/C18H19NO2S3/c1-22-16-5-3-2-4-15(16)19-17(20)12-21-14-8-6-13(7-9-14)18-23-10-11-24-18/h2-9,18H,10-12H2,1H3,(H,19,20). The van der Waals surface area contributed by atoms with Gasteiger partial charge < -0.3 is 10.1 Å². The minimum Gasteiger partial charge on any atom is -0.484 e. The average Bonchev–Trinajstić information content (AvgIpc) is 3.15. The summed E-state index contributed by atoms with van der Waals surface area (Å²) < 4.78 is 6.13. The van der Waals surface area contributed by atoms with Crippen molar-refractivity contribution in [1.29, 1.82) is 0 Å². The summed E-state index contributed by atoms with van der Waals surface area (Å²) >= 11 is 5.57. The highest BCUT2D eigenvalue weighted by molar-refractivity contribution is 8.19. The molecular formula is C18H19NO2S3. The quantitative estimate of drug-likeness (QED) is 0.725. The molecule has 0 aromatic heterocycles. The monoisotopic (exact) mass is 377 g/mol. The summed E-state index contributed by atoms with van der Waals surface area (Å²) in [6.45, 7) is 0.00892. The van der Waals surface area contributed by atoms with E-state index in [2.05, 4.69) is 17.4 Å². The van der Waals surface area contributed by atoms with E-state index in [1.54, 1.807) is 11.8 Å². The van der Waals surface area contributed by atoms with Crippen LogP contribution in [0.15, 0.2) is 53.4 Å². The number of nitrogens with one attached hydrogen (secondary N) is 1. The number of carbonyl (C=O) groups is 1. The van der Waals surface area contributed by atoms with Crippen LogP contribution in [0.25, 0.3) is 0 Å². The number of thioether (sulfide) groups is 3. The Hall–Kier alpha value is -1.24. The maximum absolute atomic E-state index is 12.1. The lowest BCUT2D eigenvalue weighted by Crippen LogP contribution is -2.20. The normalized spacial score (nSPS) is 14.5. The Morgan fingerprint density at radius 1 is 1.17 bits per heavy atom. The SMILES string of the molecule is CSc1ccccc1NC(=O)COc1ccc(C2SCCS2)cc1. The Kier molecular flexibility index (Phi) is 6.40. The molecule has 3 nitrogen and oxygen atoms in total. The Bertz CT molecular complexity index is 685. The van der Waals surface area contributed by atoms with Crippen LogP contribution in [0.4, 0.5) is 5.69 Å². The first kappa shape index (κ1) is 17.6. The first-order chi connectivity index (χ1) is 11.8. The number of amides is 1. The maximum atomic E-state index is 12.1. The fourth-order valence-corrected chi connectivity index (χ4v) is 5.77. The van der Waals surface area contributed by atoms with Crippen molar-refractivity contribution >= 4 is 46.9 Å². The fraction of sp³-hybridized carbons (Fsp3) is 0.278. The third kappa shape index (κ3) is 4.65. The van der Waals surface area contributed by atoms with Crippen LogP contribution in [0.3, 0.4) is 0 Å². The summed E-state index contributed by atoms with van der Waals surface area (Å²) in [6, 6.07) is 15.8. The lowest BCUT2D eigenvalue weighted by molar-refractivity contribution is -0.118. The molecule has 6 heteroatoms. The van der Waals surface area contributed by atoms with Crippen LogP contribution < -0.4 is 10.1 Å². The van der Waals surface area contributed by atoms with E-state index in [-0.39, 0.29) is 12.5 Å². The third-order valence-electron chi connectivity index (χ3n) is 3.53. The molecule has 0 aliphatic carbocycles. The summed E-state index contributed by atoms with van der Waals surface area (Å²) in [4.78, 5) is 13.1. The highest BCUT2D eigenvalue weighted by Gasteiger charge is 2.18. The van der Waals surface area contributed by atoms with Gasteiger partial charge in [0.1, 0.15) is 5.75 Å². The molecular weight excluding hydrogens is 358 g/mol. The molecule has 1 saturated heterocycles. The number of rotatable bonds is 6. The number of ether oxygens (including phenoxy) is 1. The van der Waals surface area contributed by atoms with E-state index >= 15 is 0 Å². The average molecular weight is 378 g/mol. The van der Waals surface area contributed by atoms with E-state index in [0.717, 1.165) is 16.3 Å². The molecule has 2 aromatic carbocycles. The van der Waals surface area contributed by atoms with Gasteiger partial charge in [0.25, 0.3) is 5.91 Å². The lowest BCUT2D eigenvalue weighted by Gasteiger charge is -2.11. The zero-order chi connectivity index (χ0) is 16.8. The van der Waals surface area contributed by atoms with Crippen molar-refractivity contribution in [3.8, 4) is 5.75 Å². The molecule has 1 heterocycles. The van der Waals surface area contributed by atoms with Gasteiger partial charge in [0.05, 0.1) is 10.3 Å². The zero-order valence-electron chi connectivity index (χ0n) is 13.4. The highest BCUT2D eigenvalue weighted by atomic mass is 32.2. The smallest absolute Gasteiger partial charge is 0.262 e. The molecule has 1 N–H and O–H groups in total. The summed E-state index contributed by atoms with van der Waals surface area (Å²) in [5.74, 6) is 3.00. The second-order valence-corrected chi connectivity index (χ2v) is 8.75. The number of carbonyl (C=O) groups excluding carboxylic acids is 1. The molecule has 0 saturated carbocycles. The molecule has 0 unspecified atom stereocenters. The maximum Gasteiger partial charge on any atom is 0.262 e. The third-order valence-corrected chi connectivity index (χ3v) is 7.43. The predicted molar refractivity (Wildman–Crippen MR) is 106 cm³/mol. The van der Waals surface area contributed by atoms with Gasteiger partial charge in [-0.1, -0.05) is 24.3 Å². The van der Waals surface area contributed by atoms with Gasteiger partial charge in [0.2, 0.25) is 0 Å². The van der Waals surface area contributed by atoms with Crippen LogP contribution in [0, 0.1) is 0 Å². The molecule has 1 aliphatic heterocycles. The van der Waals surface area contributed by atoms with Crippen LogP contribution in [-0.2, 0) is 4.79 Å². The van der Waals surface area contributed by atoms with E-state index in [4.69, 9.17) is 4.74 Å². The molecule has 1 amide bonds. The van der Waals surface area contributed by atoms with E-state index < -0.39 is 0 Å². The predicted octanol–water partition coefficient (Wildman–Crippen LogP) is 4.90. The van der Waals surface area contributed by atoms with Crippen molar-refractivity contribution in [2.75, 3.05) is 29.7 Å². The van der Waals surface area contributed by atoms with Crippen LogP contribution >= 0.6 is 35.3 Å². The Labute approximate surface area is 155 Å². The molecule has 0 atom stereocenters. The van der Waals surface area contributed by atoms with Gasteiger partial charge in [-0.05, 0) is 36.1 Å². The highest BCUT2D eigenvalue weighted by Crippen LogP contribution is 2.45. The van der Waals surface area contributed by atoms with Gasteiger partial charge in [0, 0.05) is 16.4 Å². The largest absolute Gasteiger partial charge is 0.484 e. The summed E-state index contributed by atoms with van der Waals surface area (Å²) in [5.41, 5.74) is 2.14. The van der Waals surface area contributed by atoms with Crippen molar-refractivity contribution < 1.29 is 9.53 Å². The van der Waals surface area contributed by atoms with Gasteiger partial charge in [-0.3, -0.25) is 4.79 Å². The van der Waals surface area contributed by atoms with Gasteiger partial charge in [0.15, 0.2) is 6.61 Å². The van der Waals surface area contributed by atoms with E-state index in [1.807, 2.05) is 66.2 Å². The van der Waals surface area contributed by atoms with Crippen LogP contribution in [0.2, 0.25) is 0 Å². The number of benzene rings is 2. The number of hydrogen-bond donors (Lipinski definition) is 1. The molecule has 1 fully saturated rings. The summed E-state index contributed by atoms with van der Waals surface area (Å²) in [6.07, 6.45) is 1.99. The van der Waals surface area contributed by atoms with Crippen molar-refractivity contribution in [3.05, 3.63) is 54.1 Å². The van der Waals surface area contributed by atoms with E-state index in [0.29, 0.717) is 4.58 Å². The lowest BCUT2D eigenvalue weighted by atomic mass is 10.2. The molecule has 2 aromatic rings. The fourth-order valence-electron chi connectivity index (χ4n) is 2.36. The number of para-hydroxylation sites is 1. The molecule has 0 spiro atoms. The van der Waals surface area contributed by atoms with Gasteiger partial charge >= 0.3 is 0 Å². The molecule has 0 bridgehead atoms. The minimum absolute atomic E-state index is 0.00892. The summed E-state index contributed by atoms with van der Waals surface area (Å²) in [7, 11) is 0. The van der Waals surface area contributed by atoms with Crippen molar-refractivity contribution in [2.24, 2.45) is 0 Å². The second-order valence-electron chi connectivity index (χ2n) is 5.18. The Balaban J connectivity index is 1.52. The molecule has 126 valence electrons. The molecule has 24 heavy (non-hydrogen) atoms. The van der Waals surface area contributed by atoms with Gasteiger partial charge in [-0.15, -0.1) is 35.3 Å². The molecule has 3 rings (SSSR count). The topological polar surface area (TPSA) is 38.3 Å². The zero-order valence-corrected chi connectivity index (χ0v) is 15.8. The Morgan fingerprint density at radius 3 is 2.58 bits per heavy atom. The molecule has 0 radical (unpaired) electrons. The van der Waals surface area contributed by atoms with Crippen molar-refractivity contribution in [3.63, 3.8) is 0 Å². The van der Waals surface area contributed by atoms with Crippen LogP contribution in [-0.4, -0.2) is 30.3 Å². The van der Waals surface area contributed by atoms with Crippen LogP contribution in [0.1, 0.15) is 10.1 Å². The van der Waals surface area contributed by atoms with Gasteiger partial charge in [-0.25, -0.2) is 0 Å². The number of hydrogen-bond acceptors (Lipinski definition) is 5. The first-order valence-electron chi connectivity index (χ1n) is 7.65. The molecule has 1 aliphatic rings. The van der Waals surface area contributed by atoms with E-state index in [9.17, 15) is 4.79 Å². The van der Waals surface area contributed by atoms with Gasteiger partial charge in [-0.2, -0.15) is 0 Å².